The van der Waals surface area contributed by atoms with Crippen LogP contribution in [0.2, 0.25) is 0 Å². The van der Waals surface area contributed by atoms with E-state index >= 15 is 0 Å². The third-order valence-corrected chi connectivity index (χ3v) is 3.63. The van der Waals surface area contributed by atoms with E-state index in [0.717, 1.165) is 0 Å². The molecule has 18 heavy (non-hydrogen) atoms. The Hall–Kier alpha value is -2.01. The third-order valence-electron chi connectivity index (χ3n) is 2.57. The van der Waals surface area contributed by atoms with E-state index in [1.165, 1.54) is 29.5 Å². The number of aromatic nitrogens is 1. The third kappa shape index (κ3) is 1.82. The fourth-order valence-corrected chi connectivity index (χ4v) is 2.74. The zero-order valence-electron chi connectivity index (χ0n) is 9.15. The van der Waals surface area contributed by atoms with Gasteiger partial charge in [-0.15, -0.1) is 11.3 Å². The van der Waals surface area contributed by atoms with E-state index in [-0.39, 0.29) is 5.82 Å². The van der Waals surface area contributed by atoms with Crippen LogP contribution in [0.25, 0.3) is 20.8 Å². The average Bonchev–Trinajstić information content (AvgIpc) is 2.71. The highest BCUT2D eigenvalue weighted by Crippen LogP contribution is 2.32. The lowest BCUT2D eigenvalue weighted by Crippen LogP contribution is -1.88. The van der Waals surface area contributed by atoms with Crippen LogP contribution in [0, 0.1) is 11.6 Å². The average molecular weight is 262 g/mol. The molecule has 0 aliphatic heterocycles. The van der Waals surface area contributed by atoms with Crippen LogP contribution in [0.5, 0.6) is 0 Å². The molecule has 0 radical (unpaired) electrons. The van der Waals surface area contributed by atoms with E-state index in [4.69, 9.17) is 5.73 Å². The second-order valence-corrected chi connectivity index (χ2v) is 4.90. The smallest absolute Gasteiger partial charge is 0.135 e. The first-order chi connectivity index (χ1) is 8.63. The standard InChI is InChI=1S/C13H8F2N2S/c14-7-1-4-11-12(5-7)18-13(17-11)9-3-2-8(16)6-10(9)15/h1-6H,16H2. The Balaban J connectivity index is 2.19. The Kier molecular flexibility index (Phi) is 2.48. The summed E-state index contributed by atoms with van der Waals surface area (Å²) in [6.07, 6.45) is 0. The Morgan fingerprint density at radius 2 is 1.89 bits per heavy atom. The molecular formula is C13H8F2N2S. The number of hydrogen-bond acceptors (Lipinski definition) is 3. The van der Waals surface area contributed by atoms with E-state index in [2.05, 4.69) is 4.98 Å². The number of hydrogen-bond donors (Lipinski definition) is 1. The number of fused-ring (bicyclic) bond motifs is 1. The number of nitrogens with zero attached hydrogens (tertiary/aromatic N) is 1. The number of nitrogens with two attached hydrogens (primary N) is 1. The summed E-state index contributed by atoms with van der Waals surface area (Å²) < 4.78 is 27.5. The van der Waals surface area contributed by atoms with Crippen molar-refractivity contribution >= 4 is 27.2 Å². The van der Waals surface area contributed by atoms with Crippen molar-refractivity contribution in [1.82, 2.24) is 4.98 Å². The maximum absolute atomic E-state index is 13.8. The van der Waals surface area contributed by atoms with Gasteiger partial charge in [-0.3, -0.25) is 0 Å². The first-order valence-corrected chi connectivity index (χ1v) is 6.06. The number of thiazole rings is 1. The van der Waals surface area contributed by atoms with Gasteiger partial charge in [-0.05, 0) is 36.4 Å². The van der Waals surface area contributed by atoms with Crippen LogP contribution < -0.4 is 5.73 Å². The summed E-state index contributed by atoms with van der Waals surface area (Å²) in [6, 6.07) is 8.77. The van der Waals surface area contributed by atoms with Crippen LogP contribution >= 0.6 is 11.3 Å². The summed E-state index contributed by atoms with van der Waals surface area (Å²) in [4.78, 5) is 4.29. The molecule has 0 bridgehead atoms. The van der Waals surface area contributed by atoms with Crippen molar-refractivity contribution in [2.24, 2.45) is 0 Å². The summed E-state index contributed by atoms with van der Waals surface area (Å²) >= 11 is 1.25. The van der Waals surface area contributed by atoms with Gasteiger partial charge in [-0.2, -0.15) is 0 Å². The molecule has 5 heteroatoms. The van der Waals surface area contributed by atoms with Gasteiger partial charge >= 0.3 is 0 Å². The maximum atomic E-state index is 13.8. The highest BCUT2D eigenvalue weighted by Gasteiger charge is 2.11. The second-order valence-electron chi connectivity index (χ2n) is 3.87. The van der Waals surface area contributed by atoms with Crippen LogP contribution in [0.1, 0.15) is 0 Å². The molecule has 90 valence electrons. The quantitative estimate of drug-likeness (QED) is 0.677. The lowest BCUT2D eigenvalue weighted by Gasteiger charge is -1.99. The van der Waals surface area contributed by atoms with Crippen molar-refractivity contribution in [1.29, 1.82) is 0 Å². The molecule has 3 aromatic rings. The SMILES string of the molecule is Nc1ccc(-c2nc3ccc(F)cc3s2)c(F)c1. The van der Waals surface area contributed by atoms with Gasteiger partial charge in [0.2, 0.25) is 0 Å². The minimum absolute atomic E-state index is 0.324. The molecule has 2 aromatic carbocycles. The van der Waals surface area contributed by atoms with Gasteiger partial charge in [0.1, 0.15) is 16.6 Å². The molecule has 0 fully saturated rings. The first kappa shape index (κ1) is 11.1. The molecule has 3 rings (SSSR count). The summed E-state index contributed by atoms with van der Waals surface area (Å²) in [5.41, 5.74) is 6.90. The predicted octanol–water partition coefficient (Wildman–Crippen LogP) is 3.82. The molecule has 0 unspecified atom stereocenters. The van der Waals surface area contributed by atoms with Crippen LogP contribution in [-0.2, 0) is 0 Å². The maximum Gasteiger partial charge on any atom is 0.135 e. The molecule has 0 aliphatic carbocycles. The molecule has 0 spiro atoms. The van der Waals surface area contributed by atoms with Crippen molar-refractivity contribution in [2.45, 2.75) is 0 Å². The minimum atomic E-state index is -0.422. The summed E-state index contributed by atoms with van der Waals surface area (Å²) in [5.74, 6) is -0.745. The molecule has 2 N–H and O–H groups in total. The Morgan fingerprint density at radius 3 is 2.67 bits per heavy atom. The van der Waals surface area contributed by atoms with Crippen LogP contribution in [0.3, 0.4) is 0 Å². The Labute approximate surface area is 106 Å². The van der Waals surface area contributed by atoms with Gasteiger partial charge in [-0.1, -0.05) is 0 Å². The van der Waals surface area contributed by atoms with Crippen LogP contribution in [-0.4, -0.2) is 4.98 Å². The Morgan fingerprint density at radius 1 is 1.06 bits per heavy atom. The monoisotopic (exact) mass is 262 g/mol. The molecule has 2 nitrogen and oxygen atoms in total. The van der Waals surface area contributed by atoms with Gasteiger partial charge in [-0.25, -0.2) is 13.8 Å². The number of nitrogen functional groups attached to an aromatic ring is 1. The molecule has 0 amide bonds. The van der Waals surface area contributed by atoms with E-state index < -0.39 is 5.82 Å². The molecule has 1 aromatic heterocycles. The predicted molar refractivity (Wildman–Crippen MR) is 69.4 cm³/mol. The van der Waals surface area contributed by atoms with Crippen molar-refractivity contribution in [2.75, 3.05) is 5.73 Å². The van der Waals surface area contributed by atoms with E-state index in [9.17, 15) is 8.78 Å². The van der Waals surface area contributed by atoms with Gasteiger partial charge in [0.15, 0.2) is 0 Å². The van der Waals surface area contributed by atoms with Crippen LogP contribution in [0.15, 0.2) is 36.4 Å². The van der Waals surface area contributed by atoms with Crippen molar-refractivity contribution in [3.63, 3.8) is 0 Å². The van der Waals surface area contributed by atoms with E-state index in [1.54, 1.807) is 18.2 Å². The van der Waals surface area contributed by atoms with E-state index in [1.807, 2.05) is 0 Å². The fraction of sp³-hybridized carbons (Fsp3) is 0. The van der Waals surface area contributed by atoms with Crippen molar-refractivity contribution < 1.29 is 8.78 Å². The van der Waals surface area contributed by atoms with Gasteiger partial charge in [0, 0.05) is 11.3 Å². The number of halogens is 2. The summed E-state index contributed by atoms with van der Waals surface area (Å²) in [7, 11) is 0. The van der Waals surface area contributed by atoms with Crippen LogP contribution in [0.4, 0.5) is 14.5 Å². The summed E-state index contributed by atoms with van der Waals surface area (Å²) in [5, 5.41) is 0.521. The zero-order valence-corrected chi connectivity index (χ0v) is 9.97. The van der Waals surface area contributed by atoms with Gasteiger partial charge in [0.25, 0.3) is 0 Å². The minimum Gasteiger partial charge on any atom is -0.399 e. The second kappa shape index (κ2) is 4.03. The first-order valence-electron chi connectivity index (χ1n) is 5.25. The lowest BCUT2D eigenvalue weighted by molar-refractivity contribution is 0.629. The normalized spacial score (nSPS) is 11.0. The molecular weight excluding hydrogens is 254 g/mol. The van der Waals surface area contributed by atoms with E-state index in [0.29, 0.717) is 26.5 Å². The molecule has 0 saturated heterocycles. The fourth-order valence-electron chi connectivity index (χ4n) is 1.72. The number of benzene rings is 2. The molecule has 0 aliphatic rings. The molecule has 0 saturated carbocycles. The largest absolute Gasteiger partial charge is 0.399 e. The number of anilines is 1. The highest BCUT2D eigenvalue weighted by molar-refractivity contribution is 7.21. The van der Waals surface area contributed by atoms with Gasteiger partial charge < -0.3 is 5.73 Å². The molecule has 0 atom stereocenters. The van der Waals surface area contributed by atoms with Crippen molar-refractivity contribution in [3.8, 4) is 10.6 Å². The molecule has 1 heterocycles. The summed E-state index contributed by atoms with van der Waals surface area (Å²) in [6.45, 7) is 0. The highest BCUT2D eigenvalue weighted by atomic mass is 32.1. The number of rotatable bonds is 1. The topological polar surface area (TPSA) is 38.9 Å². The van der Waals surface area contributed by atoms with Crippen molar-refractivity contribution in [3.05, 3.63) is 48.0 Å². The lowest BCUT2D eigenvalue weighted by atomic mass is 10.2. The Bertz CT molecular complexity index is 737. The zero-order chi connectivity index (χ0) is 12.7. The van der Waals surface area contributed by atoms with Gasteiger partial charge in [0.05, 0.1) is 10.2 Å².